The molecule has 100 valence electrons. The van der Waals surface area contributed by atoms with Crippen molar-refractivity contribution in [3.63, 3.8) is 0 Å². The summed E-state index contributed by atoms with van der Waals surface area (Å²) in [5.74, 6) is 1.22. The minimum absolute atomic E-state index is 0.0773. The van der Waals surface area contributed by atoms with Crippen molar-refractivity contribution in [1.82, 2.24) is 0 Å². The summed E-state index contributed by atoms with van der Waals surface area (Å²) in [6, 6.07) is 0. The summed E-state index contributed by atoms with van der Waals surface area (Å²) >= 11 is 5.85. The lowest BCUT2D eigenvalue weighted by Crippen LogP contribution is -2.16. The van der Waals surface area contributed by atoms with Crippen molar-refractivity contribution in [1.29, 1.82) is 0 Å². The van der Waals surface area contributed by atoms with Gasteiger partial charge in [0.05, 0.1) is 0 Å². The van der Waals surface area contributed by atoms with Crippen LogP contribution in [0.3, 0.4) is 0 Å². The van der Waals surface area contributed by atoms with E-state index in [9.17, 15) is 9.59 Å². The van der Waals surface area contributed by atoms with Gasteiger partial charge in [-0.1, -0.05) is 6.42 Å². The van der Waals surface area contributed by atoms with Gasteiger partial charge in [-0.15, -0.1) is 0 Å². The standard InChI is InChI=1S/C12H22O3S2/c1-17-9-7-11(13)10(6-8-16)4-2-3-5-12(14)15/h10,16H,2-9H2,1H3,(H,14,15). The van der Waals surface area contributed by atoms with E-state index in [1.807, 2.05) is 6.26 Å². The van der Waals surface area contributed by atoms with E-state index in [-0.39, 0.29) is 12.3 Å². The van der Waals surface area contributed by atoms with Gasteiger partial charge in [-0.3, -0.25) is 9.59 Å². The maximum absolute atomic E-state index is 11.9. The van der Waals surface area contributed by atoms with E-state index >= 15 is 0 Å². The Kier molecular flexibility index (Phi) is 10.9. The average molecular weight is 278 g/mol. The second kappa shape index (κ2) is 11.0. The van der Waals surface area contributed by atoms with Gasteiger partial charge >= 0.3 is 5.97 Å². The Morgan fingerprint density at radius 2 is 1.94 bits per heavy atom. The number of carboxylic acid groups (broad SMARTS) is 1. The maximum Gasteiger partial charge on any atom is 0.303 e. The number of carboxylic acids is 1. The van der Waals surface area contributed by atoms with E-state index in [0.29, 0.717) is 24.4 Å². The highest BCUT2D eigenvalue weighted by Crippen LogP contribution is 2.18. The number of unbranched alkanes of at least 4 members (excludes halogenated alkanes) is 1. The highest BCUT2D eigenvalue weighted by molar-refractivity contribution is 7.98. The first kappa shape index (κ1) is 16.8. The zero-order valence-corrected chi connectivity index (χ0v) is 12.1. The molecule has 0 amide bonds. The number of ketones is 1. The molecule has 1 N–H and O–H groups in total. The summed E-state index contributed by atoms with van der Waals surface area (Å²) in [5, 5.41) is 8.53. The van der Waals surface area contributed by atoms with E-state index in [2.05, 4.69) is 12.6 Å². The van der Waals surface area contributed by atoms with Gasteiger partial charge in [0, 0.05) is 18.8 Å². The largest absolute Gasteiger partial charge is 0.481 e. The first-order valence-corrected chi connectivity index (χ1v) is 7.98. The zero-order chi connectivity index (χ0) is 13.1. The lowest BCUT2D eigenvalue weighted by Gasteiger charge is -2.14. The Hall–Kier alpha value is -0.160. The number of Topliss-reactive ketones (excluding diaryl/α,β-unsaturated/α-hetero) is 1. The molecule has 0 fully saturated rings. The summed E-state index contributed by atoms with van der Waals surface area (Å²) in [4.78, 5) is 22.2. The summed E-state index contributed by atoms with van der Waals surface area (Å²) in [6.07, 6.45) is 5.91. The fourth-order valence-corrected chi connectivity index (χ4v) is 2.41. The fourth-order valence-electron chi connectivity index (χ4n) is 1.70. The molecule has 17 heavy (non-hydrogen) atoms. The molecule has 0 radical (unpaired) electrons. The van der Waals surface area contributed by atoms with Crippen LogP contribution in [-0.4, -0.2) is 34.6 Å². The van der Waals surface area contributed by atoms with Crippen LogP contribution in [0.4, 0.5) is 0 Å². The molecule has 1 atom stereocenters. The van der Waals surface area contributed by atoms with Crippen molar-refractivity contribution >= 4 is 36.1 Å². The molecule has 3 nitrogen and oxygen atoms in total. The molecule has 5 heteroatoms. The fraction of sp³-hybridized carbons (Fsp3) is 0.833. The lowest BCUT2D eigenvalue weighted by molar-refractivity contribution is -0.137. The molecular formula is C12H22O3S2. The molecule has 1 unspecified atom stereocenters. The molecule has 0 saturated heterocycles. The van der Waals surface area contributed by atoms with Gasteiger partial charge in [0.2, 0.25) is 0 Å². The van der Waals surface area contributed by atoms with Crippen LogP contribution in [0.5, 0.6) is 0 Å². The summed E-state index contributed by atoms with van der Waals surface area (Å²) < 4.78 is 0. The van der Waals surface area contributed by atoms with Gasteiger partial charge in [0.1, 0.15) is 5.78 Å². The van der Waals surface area contributed by atoms with Crippen molar-refractivity contribution < 1.29 is 14.7 Å². The zero-order valence-electron chi connectivity index (χ0n) is 10.4. The molecule has 0 aliphatic rings. The summed E-state index contributed by atoms with van der Waals surface area (Å²) in [7, 11) is 0. The van der Waals surface area contributed by atoms with E-state index in [4.69, 9.17) is 5.11 Å². The molecule has 0 aromatic carbocycles. The summed E-state index contributed by atoms with van der Waals surface area (Å²) in [5.41, 5.74) is 0. The third-order valence-corrected chi connectivity index (χ3v) is 3.55. The number of rotatable bonds is 11. The van der Waals surface area contributed by atoms with E-state index in [0.717, 1.165) is 25.0 Å². The van der Waals surface area contributed by atoms with Crippen LogP contribution in [-0.2, 0) is 9.59 Å². The molecule has 0 aromatic rings. The Balaban J connectivity index is 3.88. The molecule has 0 saturated carbocycles. The van der Waals surface area contributed by atoms with Crippen LogP contribution in [0, 0.1) is 5.92 Å². The smallest absolute Gasteiger partial charge is 0.303 e. The molecule has 0 bridgehead atoms. The second-order valence-corrected chi connectivity index (χ2v) is 5.49. The summed E-state index contributed by atoms with van der Waals surface area (Å²) in [6.45, 7) is 0. The highest BCUT2D eigenvalue weighted by atomic mass is 32.2. The van der Waals surface area contributed by atoms with Crippen LogP contribution in [0.15, 0.2) is 0 Å². The van der Waals surface area contributed by atoms with Crippen LogP contribution >= 0.6 is 24.4 Å². The van der Waals surface area contributed by atoms with E-state index < -0.39 is 5.97 Å². The normalized spacial score (nSPS) is 12.4. The van der Waals surface area contributed by atoms with Gasteiger partial charge in [-0.05, 0) is 37.0 Å². The number of carbonyl (C=O) groups is 2. The number of carbonyl (C=O) groups excluding carboxylic acids is 1. The van der Waals surface area contributed by atoms with Gasteiger partial charge in [-0.2, -0.15) is 24.4 Å². The van der Waals surface area contributed by atoms with Gasteiger partial charge in [-0.25, -0.2) is 0 Å². The molecule has 0 aromatic heterocycles. The second-order valence-electron chi connectivity index (χ2n) is 4.06. The highest BCUT2D eigenvalue weighted by Gasteiger charge is 2.16. The minimum Gasteiger partial charge on any atom is -0.481 e. The van der Waals surface area contributed by atoms with Crippen molar-refractivity contribution in [3.05, 3.63) is 0 Å². The number of thioether (sulfide) groups is 1. The predicted molar refractivity (Wildman–Crippen MR) is 76.1 cm³/mol. The third-order valence-electron chi connectivity index (χ3n) is 2.68. The number of thiol groups is 1. The maximum atomic E-state index is 11.9. The quantitative estimate of drug-likeness (QED) is 0.451. The van der Waals surface area contributed by atoms with Crippen LogP contribution in [0.2, 0.25) is 0 Å². The van der Waals surface area contributed by atoms with E-state index in [1.165, 1.54) is 0 Å². The molecule has 0 spiro atoms. The van der Waals surface area contributed by atoms with E-state index in [1.54, 1.807) is 11.8 Å². The van der Waals surface area contributed by atoms with Gasteiger partial charge in [0.15, 0.2) is 0 Å². The Labute approximate surface area is 113 Å². The topological polar surface area (TPSA) is 54.4 Å². The number of hydrogen-bond donors (Lipinski definition) is 2. The monoisotopic (exact) mass is 278 g/mol. The molecule has 0 aliphatic carbocycles. The lowest BCUT2D eigenvalue weighted by atomic mass is 9.93. The van der Waals surface area contributed by atoms with Crippen LogP contribution in [0.25, 0.3) is 0 Å². The van der Waals surface area contributed by atoms with Crippen molar-refractivity contribution in [2.24, 2.45) is 5.92 Å². The van der Waals surface area contributed by atoms with Gasteiger partial charge < -0.3 is 5.11 Å². The Morgan fingerprint density at radius 3 is 2.47 bits per heavy atom. The third kappa shape index (κ3) is 9.53. The molecular weight excluding hydrogens is 256 g/mol. The Morgan fingerprint density at radius 1 is 1.24 bits per heavy atom. The Bertz CT molecular complexity index is 232. The predicted octanol–water partition coefficient (Wildman–Crippen LogP) is 2.89. The van der Waals surface area contributed by atoms with Crippen LogP contribution in [0.1, 0.15) is 38.5 Å². The van der Waals surface area contributed by atoms with Gasteiger partial charge in [0.25, 0.3) is 0 Å². The molecule has 0 heterocycles. The molecule has 0 aliphatic heterocycles. The first-order valence-electron chi connectivity index (χ1n) is 5.96. The number of hydrogen-bond acceptors (Lipinski definition) is 4. The first-order chi connectivity index (χ1) is 8.11. The van der Waals surface area contributed by atoms with Crippen molar-refractivity contribution in [2.75, 3.05) is 17.8 Å². The number of aliphatic carboxylic acids is 1. The molecule has 0 rings (SSSR count). The minimum atomic E-state index is -0.760. The van der Waals surface area contributed by atoms with Crippen LogP contribution < -0.4 is 0 Å². The van der Waals surface area contributed by atoms with Crippen molar-refractivity contribution in [3.8, 4) is 0 Å². The van der Waals surface area contributed by atoms with Crippen molar-refractivity contribution in [2.45, 2.75) is 38.5 Å². The average Bonchev–Trinajstić information content (AvgIpc) is 2.29. The SMILES string of the molecule is CSCCC(=O)C(CCS)CCCCC(=O)O.